The number of benzene rings is 1. The Morgan fingerprint density at radius 3 is 2.76 bits per heavy atom. The Morgan fingerprint density at radius 1 is 1.38 bits per heavy atom. The van der Waals surface area contributed by atoms with Gasteiger partial charge in [-0.1, -0.05) is 12.5 Å². The molecule has 0 spiro atoms. The van der Waals surface area contributed by atoms with E-state index >= 15 is 0 Å². The second-order valence-corrected chi connectivity index (χ2v) is 5.54. The molecule has 0 radical (unpaired) electrons. The van der Waals surface area contributed by atoms with Crippen molar-refractivity contribution in [3.63, 3.8) is 0 Å². The zero-order valence-corrected chi connectivity index (χ0v) is 12.5. The van der Waals surface area contributed by atoms with Gasteiger partial charge in [0, 0.05) is 6.07 Å². The Kier molecular flexibility index (Phi) is 5.07. The molecule has 0 aromatic heterocycles. The molecule has 1 amide bonds. The van der Waals surface area contributed by atoms with E-state index in [0.29, 0.717) is 19.6 Å². The predicted octanol–water partition coefficient (Wildman–Crippen LogP) is 1.84. The van der Waals surface area contributed by atoms with Gasteiger partial charge >= 0.3 is 0 Å². The molecule has 5 nitrogen and oxygen atoms in total. The summed E-state index contributed by atoms with van der Waals surface area (Å²) in [5.74, 6) is 1.26. The molecule has 5 heteroatoms. The molecule has 2 rings (SSSR count). The maximum atomic E-state index is 11.5. The lowest BCUT2D eigenvalue weighted by Crippen LogP contribution is -2.54. The third-order valence-corrected chi connectivity index (χ3v) is 4.18. The zero-order valence-electron chi connectivity index (χ0n) is 12.5. The van der Waals surface area contributed by atoms with Crippen LogP contribution in [0.1, 0.15) is 32.6 Å². The molecule has 4 N–H and O–H groups in total. The van der Waals surface area contributed by atoms with Gasteiger partial charge in [-0.05, 0) is 44.2 Å². The van der Waals surface area contributed by atoms with Crippen molar-refractivity contribution in [2.75, 3.05) is 13.2 Å². The third-order valence-electron chi connectivity index (χ3n) is 4.18. The van der Waals surface area contributed by atoms with Crippen LogP contribution in [0.4, 0.5) is 0 Å². The van der Waals surface area contributed by atoms with Crippen LogP contribution in [0.25, 0.3) is 0 Å². The van der Waals surface area contributed by atoms with Crippen molar-refractivity contribution in [3.05, 3.63) is 24.3 Å². The molecule has 1 aromatic rings. The summed E-state index contributed by atoms with van der Waals surface area (Å²) in [7, 11) is 0. The topological polar surface area (TPSA) is 87.6 Å². The summed E-state index contributed by atoms with van der Waals surface area (Å²) in [4.78, 5) is 11.5. The second kappa shape index (κ2) is 6.80. The van der Waals surface area contributed by atoms with Crippen LogP contribution in [-0.2, 0) is 4.79 Å². The largest absolute Gasteiger partial charge is 0.494 e. The minimum Gasteiger partial charge on any atom is -0.494 e. The number of ether oxygens (including phenoxy) is 2. The number of primary amides is 1. The fourth-order valence-electron chi connectivity index (χ4n) is 2.97. The van der Waals surface area contributed by atoms with Crippen LogP contribution < -0.4 is 20.9 Å². The lowest BCUT2D eigenvalue weighted by molar-refractivity contribution is -0.124. The summed E-state index contributed by atoms with van der Waals surface area (Å²) in [6.07, 6.45) is 3.29. The SMILES string of the molecule is CCOc1cccc(OCCC2CCCC2(N)C(N)=O)c1. The van der Waals surface area contributed by atoms with Crippen LogP contribution in [0.3, 0.4) is 0 Å². The molecule has 2 atom stereocenters. The number of carbonyl (C=O) groups is 1. The predicted molar refractivity (Wildman–Crippen MR) is 81.2 cm³/mol. The number of hydrogen-bond acceptors (Lipinski definition) is 4. The Morgan fingerprint density at radius 2 is 2.10 bits per heavy atom. The Bertz CT molecular complexity index is 492. The van der Waals surface area contributed by atoms with Gasteiger partial charge in [0.25, 0.3) is 0 Å². The molecule has 2 unspecified atom stereocenters. The normalized spacial score (nSPS) is 24.8. The molecule has 1 aliphatic rings. The summed E-state index contributed by atoms with van der Waals surface area (Å²) in [6, 6.07) is 7.54. The van der Waals surface area contributed by atoms with E-state index in [0.717, 1.165) is 30.8 Å². The fourth-order valence-corrected chi connectivity index (χ4v) is 2.97. The lowest BCUT2D eigenvalue weighted by Gasteiger charge is -2.27. The average molecular weight is 292 g/mol. The van der Waals surface area contributed by atoms with Crippen LogP contribution in [-0.4, -0.2) is 24.7 Å². The van der Waals surface area contributed by atoms with Gasteiger partial charge in [-0.2, -0.15) is 0 Å². The number of carbonyl (C=O) groups excluding carboxylic acids is 1. The molecule has 1 fully saturated rings. The van der Waals surface area contributed by atoms with Crippen LogP contribution in [0.15, 0.2) is 24.3 Å². The van der Waals surface area contributed by atoms with Gasteiger partial charge in [0.15, 0.2) is 0 Å². The van der Waals surface area contributed by atoms with Crippen molar-refractivity contribution in [2.24, 2.45) is 17.4 Å². The fraction of sp³-hybridized carbons (Fsp3) is 0.562. The molecule has 1 saturated carbocycles. The maximum Gasteiger partial charge on any atom is 0.237 e. The molecule has 0 bridgehead atoms. The molecule has 1 aromatic carbocycles. The van der Waals surface area contributed by atoms with E-state index in [1.54, 1.807) is 0 Å². The minimum atomic E-state index is -0.865. The molecule has 21 heavy (non-hydrogen) atoms. The Labute approximate surface area is 125 Å². The number of hydrogen-bond donors (Lipinski definition) is 2. The van der Waals surface area contributed by atoms with Gasteiger partial charge in [-0.25, -0.2) is 0 Å². The number of nitrogens with two attached hydrogens (primary N) is 2. The first-order chi connectivity index (χ1) is 10.1. The average Bonchev–Trinajstić information content (AvgIpc) is 2.83. The minimum absolute atomic E-state index is 0.102. The van der Waals surface area contributed by atoms with Crippen molar-refractivity contribution in [2.45, 2.75) is 38.1 Å². The van der Waals surface area contributed by atoms with E-state index in [-0.39, 0.29) is 5.92 Å². The van der Waals surface area contributed by atoms with Crippen molar-refractivity contribution in [1.29, 1.82) is 0 Å². The highest BCUT2D eigenvalue weighted by Gasteiger charge is 2.43. The van der Waals surface area contributed by atoms with Gasteiger partial charge in [-0.15, -0.1) is 0 Å². The van der Waals surface area contributed by atoms with Gasteiger partial charge in [0.05, 0.1) is 18.8 Å². The molecule has 0 aliphatic heterocycles. The first-order valence-electron chi connectivity index (χ1n) is 7.50. The zero-order chi connectivity index (χ0) is 15.3. The highest BCUT2D eigenvalue weighted by molar-refractivity contribution is 5.85. The van der Waals surface area contributed by atoms with Gasteiger partial charge < -0.3 is 20.9 Å². The quantitative estimate of drug-likeness (QED) is 0.802. The van der Waals surface area contributed by atoms with Crippen molar-refractivity contribution in [1.82, 2.24) is 0 Å². The van der Waals surface area contributed by atoms with Crippen LogP contribution in [0.2, 0.25) is 0 Å². The second-order valence-electron chi connectivity index (χ2n) is 5.54. The van der Waals surface area contributed by atoms with Gasteiger partial charge in [0.2, 0.25) is 5.91 Å². The van der Waals surface area contributed by atoms with E-state index in [4.69, 9.17) is 20.9 Å². The monoisotopic (exact) mass is 292 g/mol. The smallest absolute Gasteiger partial charge is 0.237 e. The van der Waals surface area contributed by atoms with E-state index in [2.05, 4.69) is 0 Å². The third kappa shape index (κ3) is 3.67. The first kappa shape index (κ1) is 15.6. The molecule has 0 heterocycles. The number of rotatable bonds is 7. The van der Waals surface area contributed by atoms with Crippen molar-refractivity contribution >= 4 is 5.91 Å². The lowest BCUT2D eigenvalue weighted by atomic mass is 9.85. The maximum absolute atomic E-state index is 11.5. The summed E-state index contributed by atoms with van der Waals surface area (Å²) >= 11 is 0. The van der Waals surface area contributed by atoms with Gasteiger partial charge in [0.1, 0.15) is 11.5 Å². The molecule has 0 saturated heterocycles. The van der Waals surface area contributed by atoms with Crippen LogP contribution in [0, 0.1) is 5.92 Å². The van der Waals surface area contributed by atoms with E-state index in [1.165, 1.54) is 0 Å². The van der Waals surface area contributed by atoms with E-state index < -0.39 is 11.4 Å². The molecular weight excluding hydrogens is 268 g/mol. The van der Waals surface area contributed by atoms with E-state index in [1.807, 2.05) is 31.2 Å². The van der Waals surface area contributed by atoms with E-state index in [9.17, 15) is 4.79 Å². The standard InChI is InChI=1S/C16H24N2O3/c1-2-20-13-6-3-7-14(11-13)21-10-8-12-5-4-9-16(12,18)15(17)19/h3,6-7,11-12H,2,4-5,8-10,18H2,1H3,(H2,17,19). The molecular formula is C16H24N2O3. The summed E-state index contributed by atoms with van der Waals surface area (Å²) in [5.41, 5.74) is 10.7. The Hall–Kier alpha value is -1.75. The highest BCUT2D eigenvalue weighted by atomic mass is 16.5. The van der Waals surface area contributed by atoms with Crippen LogP contribution >= 0.6 is 0 Å². The van der Waals surface area contributed by atoms with Crippen molar-refractivity contribution < 1.29 is 14.3 Å². The van der Waals surface area contributed by atoms with Gasteiger partial charge in [-0.3, -0.25) is 4.79 Å². The Balaban J connectivity index is 1.87. The molecule has 1 aliphatic carbocycles. The first-order valence-corrected chi connectivity index (χ1v) is 7.50. The van der Waals surface area contributed by atoms with Crippen LogP contribution in [0.5, 0.6) is 11.5 Å². The summed E-state index contributed by atoms with van der Waals surface area (Å²) in [5, 5.41) is 0. The summed E-state index contributed by atoms with van der Waals surface area (Å²) < 4.78 is 11.2. The molecule has 116 valence electrons. The van der Waals surface area contributed by atoms with Crippen molar-refractivity contribution in [3.8, 4) is 11.5 Å². The number of amides is 1. The highest BCUT2D eigenvalue weighted by Crippen LogP contribution is 2.36. The summed E-state index contributed by atoms with van der Waals surface area (Å²) in [6.45, 7) is 3.09.